The number of nitrogens with zero attached hydrogens (tertiary/aromatic N) is 3. The van der Waals surface area contributed by atoms with Gasteiger partial charge in [0.15, 0.2) is 0 Å². The molecule has 0 unspecified atom stereocenters. The molecule has 3 nitrogen and oxygen atoms in total. The minimum Gasteiger partial charge on any atom is -1.00 e. The van der Waals surface area contributed by atoms with Crippen LogP contribution in [0.1, 0.15) is 25.7 Å². The quantitative estimate of drug-likeness (QED) is 0.438. The van der Waals surface area contributed by atoms with Gasteiger partial charge in [0.05, 0.1) is 0 Å². The maximum Gasteiger partial charge on any atom is 0.267 e. The number of rotatable bonds is 3. The summed E-state index contributed by atoms with van der Waals surface area (Å²) in [5.41, 5.74) is 0. The predicted octanol–water partition coefficient (Wildman–Crippen LogP) is -1.89. The molecule has 15 heavy (non-hydrogen) atoms. The Morgan fingerprint density at radius 2 is 1.13 bits per heavy atom. The highest BCUT2D eigenvalue weighted by Crippen LogP contribution is 2.23. The summed E-state index contributed by atoms with van der Waals surface area (Å²) in [6, 6.07) is 0. The van der Waals surface area contributed by atoms with Gasteiger partial charge < -0.3 is 24.0 Å². The van der Waals surface area contributed by atoms with Crippen molar-refractivity contribution in [2.24, 2.45) is 0 Å². The topological polar surface area (TPSA) is 9.72 Å². The highest BCUT2D eigenvalue weighted by Gasteiger charge is 2.42. The van der Waals surface area contributed by atoms with Gasteiger partial charge in [-0.2, -0.15) is 0 Å². The Morgan fingerprint density at radius 3 is 1.40 bits per heavy atom. The molecule has 2 heterocycles. The van der Waals surface area contributed by atoms with Crippen molar-refractivity contribution in [3.8, 4) is 0 Å². The predicted molar refractivity (Wildman–Crippen MR) is 62.7 cm³/mol. The lowest BCUT2D eigenvalue weighted by molar-refractivity contribution is -0.00000310. The van der Waals surface area contributed by atoms with Gasteiger partial charge in [-0.15, -0.1) is 0 Å². The van der Waals surface area contributed by atoms with E-state index in [9.17, 15) is 0 Å². The summed E-state index contributed by atoms with van der Waals surface area (Å²) in [6.07, 6.45) is 5.58. The second-order valence-corrected chi connectivity index (χ2v) is 6.58. The molecule has 2 aliphatic rings. The van der Waals surface area contributed by atoms with Gasteiger partial charge in [0.2, 0.25) is 0 Å². The SMILES string of the molecule is CN(C)[S+](N1CCCC1)N1CCCC1.[I-]. The first-order valence-corrected chi connectivity index (χ1v) is 6.80. The van der Waals surface area contributed by atoms with Crippen molar-refractivity contribution >= 4 is 11.5 Å². The average Bonchev–Trinajstić information content (AvgIpc) is 2.75. The molecule has 0 aromatic rings. The van der Waals surface area contributed by atoms with Gasteiger partial charge in [0.1, 0.15) is 0 Å². The van der Waals surface area contributed by atoms with Gasteiger partial charge in [-0.25, -0.2) is 0 Å². The smallest absolute Gasteiger partial charge is 0.267 e. The molecule has 0 aromatic heterocycles. The summed E-state index contributed by atoms with van der Waals surface area (Å²) in [7, 11) is 4.44. The second-order valence-electron chi connectivity index (χ2n) is 4.33. The molecule has 2 aliphatic heterocycles. The lowest BCUT2D eigenvalue weighted by Gasteiger charge is -2.25. The van der Waals surface area contributed by atoms with Gasteiger partial charge in [-0.1, -0.05) is 12.9 Å². The molecule has 0 amide bonds. The number of halogens is 1. The van der Waals surface area contributed by atoms with E-state index in [0.29, 0.717) is 0 Å². The van der Waals surface area contributed by atoms with E-state index in [1.54, 1.807) is 0 Å². The largest absolute Gasteiger partial charge is 1.00 e. The van der Waals surface area contributed by atoms with Gasteiger partial charge in [0.25, 0.3) is 11.5 Å². The number of hydrogen-bond acceptors (Lipinski definition) is 3. The van der Waals surface area contributed by atoms with Crippen LogP contribution in [0.15, 0.2) is 0 Å². The fourth-order valence-corrected chi connectivity index (χ4v) is 4.75. The first-order valence-electron chi connectivity index (χ1n) is 5.71. The van der Waals surface area contributed by atoms with Gasteiger partial charge in [0, 0.05) is 40.3 Å². The van der Waals surface area contributed by atoms with Gasteiger partial charge >= 0.3 is 0 Å². The molecule has 0 atom stereocenters. The van der Waals surface area contributed by atoms with E-state index in [0.717, 1.165) is 0 Å². The fourth-order valence-electron chi connectivity index (χ4n) is 2.33. The van der Waals surface area contributed by atoms with Crippen LogP contribution in [-0.2, 0) is 11.5 Å². The molecule has 5 heteroatoms. The van der Waals surface area contributed by atoms with Crippen LogP contribution in [0.25, 0.3) is 0 Å². The zero-order valence-corrected chi connectivity index (χ0v) is 12.8. The molecule has 2 rings (SSSR count). The standard InChI is InChI=1S/C10H22N3S.HI/c1-11(2)14(12-7-3-4-8-12)13-9-5-6-10-13;/h3-10H2,1-2H3;1H/q+1;/p-1. The molecular weight excluding hydrogens is 321 g/mol. The van der Waals surface area contributed by atoms with E-state index in [4.69, 9.17) is 0 Å². The third kappa shape index (κ3) is 3.46. The van der Waals surface area contributed by atoms with E-state index >= 15 is 0 Å². The van der Waals surface area contributed by atoms with E-state index in [1.165, 1.54) is 51.9 Å². The molecule has 0 bridgehead atoms. The van der Waals surface area contributed by atoms with Crippen molar-refractivity contribution in [2.75, 3.05) is 40.3 Å². The average molecular weight is 343 g/mol. The third-order valence-corrected chi connectivity index (χ3v) is 5.23. The van der Waals surface area contributed by atoms with Crippen LogP contribution in [0.2, 0.25) is 0 Å². The summed E-state index contributed by atoms with van der Waals surface area (Å²) >= 11 is 0.273. The van der Waals surface area contributed by atoms with Crippen molar-refractivity contribution < 1.29 is 24.0 Å². The highest BCUT2D eigenvalue weighted by molar-refractivity contribution is 7.90. The van der Waals surface area contributed by atoms with Crippen LogP contribution in [0.3, 0.4) is 0 Å². The molecule has 0 aromatic carbocycles. The van der Waals surface area contributed by atoms with Crippen molar-refractivity contribution in [3.05, 3.63) is 0 Å². The maximum absolute atomic E-state index is 2.66. The molecule has 0 N–H and O–H groups in total. The molecule has 2 saturated heterocycles. The van der Waals surface area contributed by atoms with Crippen molar-refractivity contribution in [3.63, 3.8) is 0 Å². The third-order valence-electron chi connectivity index (χ3n) is 2.92. The monoisotopic (exact) mass is 343 g/mol. The summed E-state index contributed by atoms with van der Waals surface area (Å²) in [4.78, 5) is 0. The Hall–Kier alpha value is 0.960. The molecule has 0 radical (unpaired) electrons. The van der Waals surface area contributed by atoms with E-state index in [2.05, 4.69) is 27.0 Å². The zero-order valence-electron chi connectivity index (χ0n) is 9.78. The van der Waals surface area contributed by atoms with Crippen molar-refractivity contribution in [1.82, 2.24) is 12.9 Å². The van der Waals surface area contributed by atoms with Crippen LogP contribution >= 0.6 is 0 Å². The van der Waals surface area contributed by atoms with E-state index < -0.39 is 0 Å². The normalized spacial score (nSPS) is 24.0. The van der Waals surface area contributed by atoms with E-state index in [1.807, 2.05) is 0 Å². The first kappa shape index (κ1) is 14.0. The van der Waals surface area contributed by atoms with Crippen LogP contribution in [0.5, 0.6) is 0 Å². The second kappa shape index (κ2) is 6.64. The van der Waals surface area contributed by atoms with Crippen LogP contribution in [-0.4, -0.2) is 53.2 Å². The zero-order chi connectivity index (χ0) is 9.97. The van der Waals surface area contributed by atoms with E-state index in [-0.39, 0.29) is 35.4 Å². The van der Waals surface area contributed by atoms with Gasteiger partial charge in [-0.05, 0) is 25.7 Å². The summed E-state index contributed by atoms with van der Waals surface area (Å²) in [5.74, 6) is 0. The Kier molecular flexibility index (Phi) is 6.20. The minimum atomic E-state index is 0. The number of hydrogen-bond donors (Lipinski definition) is 0. The lowest BCUT2D eigenvalue weighted by atomic mass is 10.4. The van der Waals surface area contributed by atoms with Crippen LogP contribution in [0.4, 0.5) is 0 Å². The Bertz CT molecular complexity index is 164. The summed E-state index contributed by atoms with van der Waals surface area (Å²) in [6.45, 7) is 5.21. The fraction of sp³-hybridized carbons (Fsp3) is 1.00. The molecular formula is C10H22IN3S. The molecule has 2 fully saturated rings. The van der Waals surface area contributed by atoms with Crippen LogP contribution < -0.4 is 24.0 Å². The summed E-state index contributed by atoms with van der Waals surface area (Å²) < 4.78 is 7.72. The Morgan fingerprint density at radius 1 is 0.800 bits per heavy atom. The Balaban J connectivity index is 0.00000112. The molecule has 0 aliphatic carbocycles. The van der Waals surface area contributed by atoms with Gasteiger partial charge in [-0.3, -0.25) is 0 Å². The maximum atomic E-state index is 2.66. The summed E-state index contributed by atoms with van der Waals surface area (Å²) in [5, 5.41) is 0. The minimum absolute atomic E-state index is 0. The molecule has 90 valence electrons. The molecule has 0 spiro atoms. The van der Waals surface area contributed by atoms with Crippen molar-refractivity contribution in [2.45, 2.75) is 25.7 Å². The van der Waals surface area contributed by atoms with Crippen molar-refractivity contribution in [1.29, 1.82) is 0 Å². The molecule has 0 saturated carbocycles. The Labute approximate surface area is 114 Å². The van der Waals surface area contributed by atoms with Crippen LogP contribution in [0, 0.1) is 0 Å². The highest BCUT2D eigenvalue weighted by atomic mass is 127. The first-order chi connectivity index (χ1) is 6.79. The lowest BCUT2D eigenvalue weighted by Crippen LogP contribution is -3.00.